The van der Waals surface area contributed by atoms with Gasteiger partial charge < -0.3 is 9.15 Å². The zero-order valence-corrected chi connectivity index (χ0v) is 15.7. The summed E-state index contributed by atoms with van der Waals surface area (Å²) in [5.41, 5.74) is 2.57. The van der Waals surface area contributed by atoms with E-state index in [4.69, 9.17) is 20.8 Å². The number of hydrogen-bond donors (Lipinski definition) is 0. The number of carbonyl (C=O) groups is 1. The summed E-state index contributed by atoms with van der Waals surface area (Å²) < 4.78 is 11.0. The molecule has 4 rings (SSSR count). The molecule has 0 unspecified atom stereocenters. The van der Waals surface area contributed by atoms with Crippen LogP contribution in [0.25, 0.3) is 22.1 Å². The van der Waals surface area contributed by atoms with E-state index >= 15 is 0 Å². The molecule has 0 amide bonds. The number of esters is 1. The molecule has 0 bridgehead atoms. The van der Waals surface area contributed by atoms with Crippen molar-refractivity contribution in [3.63, 3.8) is 0 Å². The lowest BCUT2D eigenvalue weighted by atomic mass is 10.0. The summed E-state index contributed by atoms with van der Waals surface area (Å²) in [5, 5.41) is 1.31. The molecule has 1 aromatic heterocycles. The molecule has 0 saturated carbocycles. The third-order valence-corrected chi connectivity index (χ3v) is 4.73. The number of aryl methyl sites for hydroxylation is 1. The fraction of sp³-hybridized carbons (Fsp3) is 0.0435. The van der Waals surface area contributed by atoms with Crippen molar-refractivity contribution in [2.75, 3.05) is 0 Å². The average Bonchev–Trinajstić information content (AvgIpc) is 2.71. The van der Waals surface area contributed by atoms with Crippen molar-refractivity contribution in [2.24, 2.45) is 0 Å². The van der Waals surface area contributed by atoms with Gasteiger partial charge in [0.2, 0.25) is 0 Å². The van der Waals surface area contributed by atoms with Gasteiger partial charge in [0, 0.05) is 22.0 Å². The van der Waals surface area contributed by atoms with Crippen molar-refractivity contribution >= 4 is 28.5 Å². The van der Waals surface area contributed by atoms with Crippen LogP contribution in [0.4, 0.5) is 0 Å². The maximum absolute atomic E-state index is 12.4. The van der Waals surface area contributed by atoms with Crippen molar-refractivity contribution < 1.29 is 13.9 Å². The Morgan fingerprint density at radius 1 is 0.964 bits per heavy atom. The summed E-state index contributed by atoms with van der Waals surface area (Å²) in [4.78, 5) is 24.5. The first-order valence-corrected chi connectivity index (χ1v) is 9.01. The lowest BCUT2D eigenvalue weighted by Crippen LogP contribution is -2.09. The highest BCUT2D eigenvalue weighted by atomic mass is 35.5. The zero-order chi connectivity index (χ0) is 19.7. The Morgan fingerprint density at radius 3 is 2.39 bits per heavy atom. The highest BCUT2D eigenvalue weighted by Gasteiger charge is 2.16. The Labute approximate surface area is 166 Å². The topological polar surface area (TPSA) is 56.5 Å². The van der Waals surface area contributed by atoms with Gasteiger partial charge in [-0.3, -0.25) is 0 Å². The van der Waals surface area contributed by atoms with E-state index in [1.807, 2.05) is 30.3 Å². The van der Waals surface area contributed by atoms with E-state index in [-0.39, 0.29) is 0 Å². The molecule has 0 aliphatic rings. The summed E-state index contributed by atoms with van der Waals surface area (Å²) in [5.74, 6) is -0.179. The number of fused-ring (bicyclic) bond motifs is 1. The summed E-state index contributed by atoms with van der Waals surface area (Å²) in [6.07, 6.45) is 0. The van der Waals surface area contributed by atoms with Crippen LogP contribution in [0.3, 0.4) is 0 Å². The fourth-order valence-corrected chi connectivity index (χ4v) is 3.18. The lowest BCUT2D eigenvalue weighted by molar-refractivity contribution is 0.0733. The standard InChI is InChI=1S/C23H15ClO4/c1-14-20(27-23(26)16-7-9-17(24)10-8-16)12-11-18-19(13-21(25)28-22(14)18)15-5-3-2-4-6-15/h2-13H,1H3. The van der Waals surface area contributed by atoms with Gasteiger partial charge in [0.05, 0.1) is 5.56 Å². The van der Waals surface area contributed by atoms with Crippen molar-refractivity contribution in [1.82, 2.24) is 0 Å². The number of rotatable bonds is 3. The molecular weight excluding hydrogens is 376 g/mol. The number of halogens is 1. The van der Waals surface area contributed by atoms with Gasteiger partial charge in [-0.05, 0) is 54.4 Å². The molecular formula is C23H15ClO4. The van der Waals surface area contributed by atoms with E-state index in [2.05, 4.69) is 0 Å². The van der Waals surface area contributed by atoms with Gasteiger partial charge in [-0.2, -0.15) is 0 Å². The number of carbonyl (C=O) groups excluding carboxylic acids is 1. The van der Waals surface area contributed by atoms with Crippen LogP contribution in [0.1, 0.15) is 15.9 Å². The highest BCUT2D eigenvalue weighted by Crippen LogP contribution is 2.33. The molecule has 1 heterocycles. The first-order valence-electron chi connectivity index (χ1n) is 8.63. The summed E-state index contributed by atoms with van der Waals surface area (Å²) in [6, 6.07) is 21.0. The molecule has 138 valence electrons. The van der Waals surface area contributed by atoms with Gasteiger partial charge in [-0.25, -0.2) is 9.59 Å². The molecule has 0 fully saturated rings. The molecule has 3 aromatic carbocycles. The molecule has 0 N–H and O–H groups in total. The van der Waals surface area contributed by atoms with Gasteiger partial charge in [0.15, 0.2) is 0 Å². The summed E-state index contributed by atoms with van der Waals surface area (Å²) >= 11 is 5.85. The van der Waals surface area contributed by atoms with Gasteiger partial charge in [0.1, 0.15) is 11.3 Å². The maximum atomic E-state index is 12.4. The van der Waals surface area contributed by atoms with E-state index in [0.29, 0.717) is 27.5 Å². The van der Waals surface area contributed by atoms with Crippen LogP contribution < -0.4 is 10.4 Å². The van der Waals surface area contributed by atoms with E-state index in [9.17, 15) is 9.59 Å². The van der Waals surface area contributed by atoms with Crippen LogP contribution >= 0.6 is 11.6 Å². The van der Waals surface area contributed by atoms with Gasteiger partial charge in [0.25, 0.3) is 0 Å². The zero-order valence-electron chi connectivity index (χ0n) is 14.9. The van der Waals surface area contributed by atoms with E-state index < -0.39 is 11.6 Å². The molecule has 0 aliphatic heterocycles. The minimum absolute atomic E-state index is 0.334. The van der Waals surface area contributed by atoms with Gasteiger partial charge in [-0.1, -0.05) is 41.9 Å². The molecule has 5 heteroatoms. The smallest absolute Gasteiger partial charge is 0.343 e. The van der Waals surface area contributed by atoms with Crippen molar-refractivity contribution in [1.29, 1.82) is 0 Å². The Kier molecular flexibility index (Phi) is 4.72. The quantitative estimate of drug-likeness (QED) is 0.258. The molecule has 0 aliphatic carbocycles. The van der Waals surface area contributed by atoms with E-state index in [1.165, 1.54) is 6.07 Å². The van der Waals surface area contributed by atoms with E-state index in [0.717, 1.165) is 16.5 Å². The molecule has 0 atom stereocenters. The Morgan fingerprint density at radius 2 is 1.68 bits per heavy atom. The van der Waals surface area contributed by atoms with Crippen LogP contribution in [0.15, 0.2) is 82.0 Å². The van der Waals surface area contributed by atoms with Crippen LogP contribution in [-0.2, 0) is 0 Å². The second-order valence-electron chi connectivity index (χ2n) is 6.31. The Bertz CT molecular complexity index is 1230. The van der Waals surface area contributed by atoms with Gasteiger partial charge >= 0.3 is 11.6 Å². The number of hydrogen-bond acceptors (Lipinski definition) is 4. The fourth-order valence-electron chi connectivity index (χ4n) is 3.05. The number of benzene rings is 3. The molecule has 0 spiro atoms. The summed E-state index contributed by atoms with van der Waals surface area (Å²) in [6.45, 7) is 1.75. The highest BCUT2D eigenvalue weighted by molar-refractivity contribution is 6.30. The van der Waals surface area contributed by atoms with Crippen molar-refractivity contribution in [3.8, 4) is 16.9 Å². The maximum Gasteiger partial charge on any atom is 0.343 e. The van der Waals surface area contributed by atoms with Crippen LogP contribution in [0.5, 0.6) is 5.75 Å². The molecule has 28 heavy (non-hydrogen) atoms. The Balaban J connectivity index is 1.78. The third kappa shape index (κ3) is 3.42. The SMILES string of the molecule is Cc1c(OC(=O)c2ccc(Cl)cc2)ccc2c(-c3ccccc3)cc(=O)oc12. The van der Waals surface area contributed by atoms with Gasteiger partial charge in [-0.15, -0.1) is 0 Å². The average molecular weight is 391 g/mol. The monoisotopic (exact) mass is 390 g/mol. The molecule has 0 saturated heterocycles. The predicted octanol–water partition coefficient (Wildman–Crippen LogP) is 5.64. The first kappa shape index (κ1) is 18.0. The Hall–Kier alpha value is -3.37. The van der Waals surface area contributed by atoms with Crippen LogP contribution in [0.2, 0.25) is 5.02 Å². The second kappa shape index (κ2) is 7.33. The van der Waals surface area contributed by atoms with E-state index in [1.54, 1.807) is 43.3 Å². The lowest BCUT2D eigenvalue weighted by Gasteiger charge is -2.11. The summed E-state index contributed by atoms with van der Waals surface area (Å²) in [7, 11) is 0. The minimum atomic E-state index is -0.513. The van der Waals surface area contributed by atoms with Crippen molar-refractivity contribution in [3.05, 3.63) is 99.4 Å². The third-order valence-electron chi connectivity index (χ3n) is 4.48. The normalized spacial score (nSPS) is 10.8. The first-order chi connectivity index (χ1) is 13.5. The molecule has 0 radical (unpaired) electrons. The van der Waals surface area contributed by atoms with Crippen LogP contribution in [0, 0.1) is 6.92 Å². The largest absolute Gasteiger partial charge is 0.423 e. The molecule has 4 aromatic rings. The van der Waals surface area contributed by atoms with Crippen LogP contribution in [-0.4, -0.2) is 5.97 Å². The minimum Gasteiger partial charge on any atom is -0.423 e. The number of ether oxygens (including phenoxy) is 1. The second-order valence-corrected chi connectivity index (χ2v) is 6.74. The molecule has 4 nitrogen and oxygen atoms in total. The predicted molar refractivity (Wildman–Crippen MR) is 109 cm³/mol. The van der Waals surface area contributed by atoms with Crippen molar-refractivity contribution in [2.45, 2.75) is 6.92 Å².